The SMILES string of the molecule is NC(=O)C1CN(C(c2ccccc2)c2ccccc2)CCN1C(=O)c1cncc2ccccc12. The number of hydrogen-bond donors (Lipinski definition) is 1. The van der Waals surface area contributed by atoms with Gasteiger partial charge in [-0.25, -0.2) is 0 Å². The van der Waals surface area contributed by atoms with Crippen LogP contribution in [0, 0.1) is 0 Å². The average molecular weight is 451 g/mol. The summed E-state index contributed by atoms with van der Waals surface area (Å²) < 4.78 is 0. The van der Waals surface area contributed by atoms with Crippen LogP contribution in [0.1, 0.15) is 27.5 Å². The summed E-state index contributed by atoms with van der Waals surface area (Å²) in [7, 11) is 0. The first-order chi connectivity index (χ1) is 16.6. The number of hydrogen-bond acceptors (Lipinski definition) is 4. The number of amides is 2. The first-order valence-corrected chi connectivity index (χ1v) is 11.4. The molecule has 2 amide bonds. The number of benzene rings is 3. The van der Waals surface area contributed by atoms with E-state index in [0.717, 1.165) is 21.9 Å². The van der Waals surface area contributed by atoms with E-state index in [2.05, 4.69) is 34.1 Å². The quantitative estimate of drug-likeness (QED) is 0.504. The van der Waals surface area contributed by atoms with E-state index in [0.29, 0.717) is 25.2 Å². The molecule has 1 unspecified atom stereocenters. The highest BCUT2D eigenvalue weighted by Crippen LogP contribution is 2.31. The van der Waals surface area contributed by atoms with Gasteiger partial charge in [0.25, 0.3) is 5.91 Å². The molecule has 0 spiro atoms. The molecule has 1 aliphatic rings. The lowest BCUT2D eigenvalue weighted by Crippen LogP contribution is -2.60. The van der Waals surface area contributed by atoms with Crippen molar-refractivity contribution in [3.8, 4) is 0 Å². The standard InChI is InChI=1S/C28H26N4O2/c29-27(33)25-19-31(26(20-9-3-1-4-10-20)21-11-5-2-6-12-21)15-16-32(25)28(34)24-18-30-17-22-13-7-8-14-23(22)24/h1-14,17-18,25-26H,15-16,19H2,(H2,29,33). The van der Waals surface area contributed by atoms with Gasteiger partial charge in [0.15, 0.2) is 0 Å². The number of fused-ring (bicyclic) bond motifs is 1. The van der Waals surface area contributed by atoms with Crippen LogP contribution in [-0.4, -0.2) is 52.3 Å². The van der Waals surface area contributed by atoms with Crippen molar-refractivity contribution in [2.24, 2.45) is 5.73 Å². The number of nitrogens with two attached hydrogens (primary N) is 1. The van der Waals surface area contributed by atoms with Gasteiger partial charge in [0.05, 0.1) is 11.6 Å². The summed E-state index contributed by atoms with van der Waals surface area (Å²) in [6.45, 7) is 1.36. The third kappa shape index (κ3) is 4.16. The van der Waals surface area contributed by atoms with Crippen LogP contribution in [0.15, 0.2) is 97.3 Å². The van der Waals surface area contributed by atoms with Crippen LogP contribution in [0.4, 0.5) is 0 Å². The van der Waals surface area contributed by atoms with E-state index < -0.39 is 11.9 Å². The zero-order valence-corrected chi connectivity index (χ0v) is 18.7. The predicted molar refractivity (Wildman–Crippen MR) is 132 cm³/mol. The third-order valence-corrected chi connectivity index (χ3v) is 6.50. The number of primary amides is 1. The summed E-state index contributed by atoms with van der Waals surface area (Å²) >= 11 is 0. The van der Waals surface area contributed by atoms with Gasteiger partial charge in [-0.3, -0.25) is 19.5 Å². The Morgan fingerprint density at radius 3 is 2.09 bits per heavy atom. The Hall–Kier alpha value is -4.03. The highest BCUT2D eigenvalue weighted by atomic mass is 16.2. The summed E-state index contributed by atoms with van der Waals surface area (Å²) in [5.74, 6) is -0.727. The molecule has 1 aliphatic heterocycles. The van der Waals surface area contributed by atoms with Crippen LogP contribution < -0.4 is 5.73 Å². The fourth-order valence-electron chi connectivity index (χ4n) is 4.85. The van der Waals surface area contributed by atoms with Crippen LogP contribution in [0.3, 0.4) is 0 Å². The molecule has 0 radical (unpaired) electrons. The number of aromatic nitrogens is 1. The number of pyridine rings is 1. The molecule has 4 aromatic rings. The first-order valence-electron chi connectivity index (χ1n) is 11.4. The van der Waals surface area contributed by atoms with Gasteiger partial charge in [-0.1, -0.05) is 84.9 Å². The minimum Gasteiger partial charge on any atom is -0.368 e. The van der Waals surface area contributed by atoms with Crippen LogP contribution in [-0.2, 0) is 4.79 Å². The van der Waals surface area contributed by atoms with E-state index in [1.54, 1.807) is 17.3 Å². The minimum absolute atomic E-state index is 0.0410. The Kier molecular flexibility index (Phi) is 6.06. The van der Waals surface area contributed by atoms with E-state index in [1.807, 2.05) is 60.7 Å². The van der Waals surface area contributed by atoms with Gasteiger partial charge >= 0.3 is 0 Å². The van der Waals surface area contributed by atoms with Crippen LogP contribution in [0.25, 0.3) is 10.8 Å². The molecule has 3 aromatic carbocycles. The molecule has 34 heavy (non-hydrogen) atoms. The van der Waals surface area contributed by atoms with Gasteiger partial charge < -0.3 is 10.6 Å². The van der Waals surface area contributed by atoms with Crippen molar-refractivity contribution in [3.05, 3.63) is 114 Å². The second-order valence-electron chi connectivity index (χ2n) is 8.54. The Labute approximate surface area is 198 Å². The molecule has 1 aromatic heterocycles. The smallest absolute Gasteiger partial charge is 0.256 e. The van der Waals surface area contributed by atoms with Crippen molar-refractivity contribution in [3.63, 3.8) is 0 Å². The number of nitrogens with zero attached hydrogens (tertiary/aromatic N) is 3. The monoisotopic (exact) mass is 450 g/mol. The molecule has 170 valence electrons. The summed E-state index contributed by atoms with van der Waals surface area (Å²) in [6, 6.07) is 27.3. The average Bonchev–Trinajstić information content (AvgIpc) is 2.89. The lowest BCUT2D eigenvalue weighted by molar-refractivity contribution is -0.124. The maximum absolute atomic E-state index is 13.6. The summed E-state index contributed by atoms with van der Waals surface area (Å²) in [5, 5.41) is 1.70. The molecule has 1 saturated heterocycles. The van der Waals surface area contributed by atoms with Gasteiger partial charge in [-0.15, -0.1) is 0 Å². The molecular formula is C28H26N4O2. The fraction of sp³-hybridized carbons (Fsp3) is 0.179. The highest BCUT2D eigenvalue weighted by molar-refractivity contribution is 6.07. The van der Waals surface area contributed by atoms with Crippen molar-refractivity contribution in [2.75, 3.05) is 19.6 Å². The number of rotatable bonds is 5. The van der Waals surface area contributed by atoms with Gasteiger partial charge in [-0.2, -0.15) is 0 Å². The molecule has 6 nitrogen and oxygen atoms in total. The molecule has 6 heteroatoms. The molecule has 2 N–H and O–H groups in total. The van der Waals surface area contributed by atoms with Crippen molar-refractivity contribution < 1.29 is 9.59 Å². The molecule has 0 aliphatic carbocycles. The third-order valence-electron chi connectivity index (χ3n) is 6.50. The molecule has 2 heterocycles. The Morgan fingerprint density at radius 2 is 1.44 bits per heavy atom. The lowest BCUT2D eigenvalue weighted by atomic mass is 9.95. The normalized spacial score (nSPS) is 16.6. The number of carbonyl (C=O) groups excluding carboxylic acids is 2. The maximum atomic E-state index is 13.6. The molecule has 1 fully saturated rings. The Bertz CT molecular complexity index is 1270. The molecule has 0 saturated carbocycles. The van der Waals surface area contributed by atoms with E-state index in [1.165, 1.54) is 0 Å². The predicted octanol–water partition coefficient (Wildman–Crippen LogP) is 3.64. The zero-order chi connectivity index (χ0) is 23.5. The van der Waals surface area contributed by atoms with Crippen LogP contribution in [0.5, 0.6) is 0 Å². The number of piperazine rings is 1. The van der Waals surface area contributed by atoms with Crippen molar-refractivity contribution in [1.82, 2.24) is 14.8 Å². The van der Waals surface area contributed by atoms with E-state index >= 15 is 0 Å². The van der Waals surface area contributed by atoms with Crippen molar-refractivity contribution >= 4 is 22.6 Å². The summed E-state index contributed by atoms with van der Waals surface area (Å²) in [6.07, 6.45) is 3.31. The van der Waals surface area contributed by atoms with Gasteiger partial charge in [0, 0.05) is 37.4 Å². The van der Waals surface area contributed by atoms with Gasteiger partial charge in [-0.05, 0) is 16.5 Å². The Balaban J connectivity index is 1.47. The largest absolute Gasteiger partial charge is 0.368 e. The van der Waals surface area contributed by atoms with Crippen LogP contribution >= 0.6 is 0 Å². The molecule has 1 atom stereocenters. The summed E-state index contributed by atoms with van der Waals surface area (Å²) in [5.41, 5.74) is 8.61. The van der Waals surface area contributed by atoms with Crippen molar-refractivity contribution in [2.45, 2.75) is 12.1 Å². The Morgan fingerprint density at radius 1 is 0.824 bits per heavy atom. The summed E-state index contributed by atoms with van der Waals surface area (Å²) in [4.78, 5) is 34.3. The zero-order valence-electron chi connectivity index (χ0n) is 18.7. The first kappa shape index (κ1) is 21.8. The van der Waals surface area contributed by atoms with Crippen molar-refractivity contribution in [1.29, 1.82) is 0 Å². The highest BCUT2D eigenvalue weighted by Gasteiger charge is 2.38. The van der Waals surface area contributed by atoms with Crippen LogP contribution in [0.2, 0.25) is 0 Å². The number of carbonyl (C=O) groups is 2. The second kappa shape index (κ2) is 9.45. The molecule has 0 bridgehead atoms. The van der Waals surface area contributed by atoms with E-state index in [9.17, 15) is 9.59 Å². The molecule has 5 rings (SSSR count). The minimum atomic E-state index is -0.741. The van der Waals surface area contributed by atoms with E-state index in [4.69, 9.17) is 5.73 Å². The van der Waals surface area contributed by atoms with Gasteiger partial charge in [0.2, 0.25) is 5.91 Å². The lowest BCUT2D eigenvalue weighted by Gasteiger charge is -2.43. The second-order valence-corrected chi connectivity index (χ2v) is 8.54. The van der Waals surface area contributed by atoms with Gasteiger partial charge in [0.1, 0.15) is 6.04 Å². The fourth-order valence-corrected chi connectivity index (χ4v) is 4.85. The van der Waals surface area contributed by atoms with E-state index in [-0.39, 0.29) is 11.9 Å². The molecular weight excluding hydrogens is 424 g/mol. The topological polar surface area (TPSA) is 79.5 Å². The maximum Gasteiger partial charge on any atom is 0.256 e.